The number of carbonyl (C=O) groups excluding carboxylic acids is 2. The Morgan fingerprint density at radius 1 is 1.05 bits per heavy atom. The maximum atomic E-state index is 14.0. The number of hydrogen-bond acceptors (Lipinski definition) is 5. The third-order valence-corrected chi connectivity index (χ3v) is 8.44. The molecule has 2 aliphatic rings. The first-order chi connectivity index (χ1) is 19.6. The van der Waals surface area contributed by atoms with Gasteiger partial charge in [-0.1, -0.05) is 51.1 Å². The summed E-state index contributed by atoms with van der Waals surface area (Å²) in [5.41, 5.74) is 3.25. The van der Waals surface area contributed by atoms with E-state index in [-0.39, 0.29) is 29.3 Å². The first-order valence-electron chi connectivity index (χ1n) is 14.8. The molecule has 2 amide bonds. The fourth-order valence-electron chi connectivity index (χ4n) is 6.28. The normalized spacial score (nSPS) is 20.0. The van der Waals surface area contributed by atoms with E-state index >= 15 is 0 Å². The van der Waals surface area contributed by atoms with E-state index in [0.29, 0.717) is 32.5 Å². The van der Waals surface area contributed by atoms with Gasteiger partial charge in [0.1, 0.15) is 5.75 Å². The van der Waals surface area contributed by atoms with Crippen LogP contribution in [0.15, 0.2) is 54.6 Å². The number of methoxy groups -OCH3 is 1. The van der Waals surface area contributed by atoms with Gasteiger partial charge in [-0.15, -0.1) is 0 Å². The van der Waals surface area contributed by atoms with Crippen LogP contribution < -0.4 is 10.1 Å². The molecule has 0 saturated carbocycles. The van der Waals surface area contributed by atoms with Crippen LogP contribution in [0.1, 0.15) is 44.9 Å². The minimum Gasteiger partial charge on any atom is -0.497 e. The highest BCUT2D eigenvalue weighted by Crippen LogP contribution is 2.31. The number of hydrogen-bond donors (Lipinski definition) is 1. The van der Waals surface area contributed by atoms with Gasteiger partial charge >= 0.3 is 0 Å². The number of carbonyl (C=O) groups is 2. The minimum absolute atomic E-state index is 0.0670. The van der Waals surface area contributed by atoms with Crippen molar-refractivity contribution in [1.82, 2.24) is 24.6 Å². The van der Waals surface area contributed by atoms with E-state index < -0.39 is 0 Å². The van der Waals surface area contributed by atoms with Crippen molar-refractivity contribution < 1.29 is 14.3 Å². The zero-order valence-corrected chi connectivity index (χ0v) is 25.2. The van der Waals surface area contributed by atoms with Crippen LogP contribution in [0.25, 0.3) is 10.9 Å². The standard InChI is InChI=1S/C33H45N5O3/c1-33(2,3)20-31(39)38(21-24-9-8-11-28(17-24)41-5)27-19-30(32(40)36-15-13-34-14-16-36)37(23-27)22-26-18-25-10-6-7-12-29(25)35(26)4/h6-12,17-18,27,30,34H,13-16,19-23H2,1-5H3/t27-,30?/m0/s1. The first kappa shape index (κ1) is 29.1. The summed E-state index contributed by atoms with van der Waals surface area (Å²) in [4.78, 5) is 34.2. The summed E-state index contributed by atoms with van der Waals surface area (Å²) < 4.78 is 7.70. The van der Waals surface area contributed by atoms with Gasteiger partial charge in [0.2, 0.25) is 11.8 Å². The van der Waals surface area contributed by atoms with E-state index in [2.05, 4.69) is 72.9 Å². The molecular weight excluding hydrogens is 514 g/mol. The molecule has 41 heavy (non-hydrogen) atoms. The van der Waals surface area contributed by atoms with Crippen LogP contribution in [-0.4, -0.2) is 83.0 Å². The van der Waals surface area contributed by atoms with Crippen LogP contribution in [0.2, 0.25) is 0 Å². The fraction of sp³-hybridized carbons (Fsp3) is 0.515. The Balaban J connectivity index is 1.46. The number of benzene rings is 2. The lowest BCUT2D eigenvalue weighted by Gasteiger charge is -2.33. The Labute approximate surface area is 244 Å². The van der Waals surface area contributed by atoms with Crippen LogP contribution in [0.3, 0.4) is 0 Å². The number of amides is 2. The molecule has 0 spiro atoms. The second kappa shape index (κ2) is 12.2. The van der Waals surface area contributed by atoms with Gasteiger partial charge < -0.3 is 24.4 Å². The Morgan fingerprint density at radius 3 is 2.51 bits per heavy atom. The molecule has 1 N–H and O–H groups in total. The van der Waals surface area contributed by atoms with Crippen LogP contribution in [-0.2, 0) is 29.7 Å². The SMILES string of the molecule is COc1cccc(CN(C(=O)CC(C)(C)C)[C@H]2CC(C(=O)N3CCNCC3)N(Cc3cc4ccccc4n3C)C2)c1. The third kappa shape index (κ3) is 6.76. The van der Waals surface area contributed by atoms with E-state index in [1.807, 2.05) is 34.1 Å². The molecule has 5 rings (SSSR count). The molecule has 1 unspecified atom stereocenters. The van der Waals surface area contributed by atoms with Gasteiger partial charge in [0, 0.05) is 76.5 Å². The molecule has 0 bridgehead atoms. The van der Waals surface area contributed by atoms with Crippen molar-refractivity contribution in [3.05, 3.63) is 65.9 Å². The average Bonchev–Trinajstić information content (AvgIpc) is 3.51. The molecule has 3 aromatic rings. The molecule has 2 aromatic carbocycles. The van der Waals surface area contributed by atoms with Gasteiger partial charge in [0.05, 0.1) is 13.2 Å². The predicted octanol–water partition coefficient (Wildman–Crippen LogP) is 4.03. The van der Waals surface area contributed by atoms with E-state index in [1.165, 1.54) is 16.6 Å². The Kier molecular flexibility index (Phi) is 8.71. The van der Waals surface area contributed by atoms with Crippen molar-refractivity contribution in [3.63, 3.8) is 0 Å². The van der Waals surface area contributed by atoms with Crippen molar-refractivity contribution in [3.8, 4) is 5.75 Å². The average molecular weight is 560 g/mol. The Bertz CT molecular complexity index is 1370. The molecule has 8 nitrogen and oxygen atoms in total. The highest BCUT2D eigenvalue weighted by atomic mass is 16.5. The van der Waals surface area contributed by atoms with Gasteiger partial charge in [0.25, 0.3) is 0 Å². The first-order valence-corrected chi connectivity index (χ1v) is 14.8. The molecule has 220 valence electrons. The fourth-order valence-corrected chi connectivity index (χ4v) is 6.28. The zero-order valence-electron chi connectivity index (χ0n) is 25.2. The Morgan fingerprint density at radius 2 is 1.80 bits per heavy atom. The van der Waals surface area contributed by atoms with Crippen LogP contribution >= 0.6 is 0 Å². The lowest BCUT2D eigenvalue weighted by molar-refractivity contribution is -0.138. The Hall–Kier alpha value is -3.36. The number of ether oxygens (including phenoxy) is 1. The summed E-state index contributed by atoms with van der Waals surface area (Å²) in [7, 11) is 3.76. The van der Waals surface area contributed by atoms with Crippen molar-refractivity contribution >= 4 is 22.7 Å². The summed E-state index contributed by atoms with van der Waals surface area (Å²) in [5, 5.41) is 4.56. The highest BCUT2D eigenvalue weighted by molar-refractivity contribution is 5.84. The largest absolute Gasteiger partial charge is 0.497 e. The monoisotopic (exact) mass is 559 g/mol. The summed E-state index contributed by atoms with van der Waals surface area (Å²) in [5.74, 6) is 1.09. The predicted molar refractivity (Wildman–Crippen MR) is 163 cm³/mol. The van der Waals surface area contributed by atoms with Crippen molar-refractivity contribution in [2.45, 2.75) is 58.8 Å². The number of rotatable bonds is 8. The molecular formula is C33H45N5O3. The summed E-state index contributed by atoms with van der Waals surface area (Å²) >= 11 is 0. The number of piperazine rings is 1. The van der Waals surface area contributed by atoms with Crippen molar-refractivity contribution in [1.29, 1.82) is 0 Å². The van der Waals surface area contributed by atoms with Gasteiger partial charge in [-0.2, -0.15) is 0 Å². The smallest absolute Gasteiger partial charge is 0.240 e. The number of nitrogens with zero attached hydrogens (tertiary/aromatic N) is 4. The zero-order chi connectivity index (χ0) is 29.1. The molecule has 0 aliphatic carbocycles. The summed E-state index contributed by atoms with van der Waals surface area (Å²) in [6.07, 6.45) is 1.08. The quantitative estimate of drug-likeness (QED) is 0.452. The number of aryl methyl sites for hydroxylation is 1. The number of fused-ring (bicyclic) bond motifs is 1. The van der Waals surface area contributed by atoms with E-state index in [1.54, 1.807) is 7.11 Å². The van der Waals surface area contributed by atoms with Gasteiger partial charge in [-0.3, -0.25) is 14.5 Å². The molecule has 2 atom stereocenters. The van der Waals surface area contributed by atoms with Crippen molar-refractivity contribution in [2.75, 3.05) is 39.8 Å². The lowest BCUT2D eigenvalue weighted by Crippen LogP contribution is -2.52. The highest BCUT2D eigenvalue weighted by Gasteiger charge is 2.43. The van der Waals surface area contributed by atoms with E-state index in [0.717, 1.165) is 37.5 Å². The maximum absolute atomic E-state index is 14.0. The minimum atomic E-state index is -0.272. The molecule has 0 radical (unpaired) electrons. The summed E-state index contributed by atoms with van der Waals surface area (Å²) in [6, 6.07) is 18.2. The lowest BCUT2D eigenvalue weighted by atomic mass is 9.91. The molecule has 8 heteroatoms. The number of likely N-dealkylation sites (tertiary alicyclic amines) is 1. The second-order valence-corrected chi connectivity index (χ2v) is 12.8. The molecule has 2 fully saturated rings. The topological polar surface area (TPSA) is 70.1 Å². The van der Waals surface area contributed by atoms with Gasteiger partial charge in [-0.05, 0) is 47.1 Å². The number of nitrogens with one attached hydrogen (secondary N) is 1. The van der Waals surface area contributed by atoms with Crippen molar-refractivity contribution in [2.24, 2.45) is 12.5 Å². The van der Waals surface area contributed by atoms with Crippen LogP contribution in [0.5, 0.6) is 5.75 Å². The molecule has 2 saturated heterocycles. The number of aromatic nitrogens is 1. The molecule has 2 aliphatic heterocycles. The molecule has 3 heterocycles. The van der Waals surface area contributed by atoms with Crippen LogP contribution in [0, 0.1) is 5.41 Å². The number of para-hydroxylation sites is 1. The molecule has 1 aromatic heterocycles. The van der Waals surface area contributed by atoms with Gasteiger partial charge in [0.15, 0.2) is 0 Å². The van der Waals surface area contributed by atoms with Gasteiger partial charge in [-0.25, -0.2) is 0 Å². The maximum Gasteiger partial charge on any atom is 0.240 e. The summed E-state index contributed by atoms with van der Waals surface area (Å²) in [6.45, 7) is 11.2. The van der Waals surface area contributed by atoms with Crippen LogP contribution in [0.4, 0.5) is 0 Å². The third-order valence-electron chi connectivity index (χ3n) is 8.44. The van der Waals surface area contributed by atoms with E-state index in [4.69, 9.17) is 4.74 Å². The second-order valence-electron chi connectivity index (χ2n) is 12.8. The van der Waals surface area contributed by atoms with E-state index in [9.17, 15) is 9.59 Å².